The Morgan fingerprint density at radius 3 is 2.59 bits per heavy atom. The Hall–Kier alpha value is -2.00. The van der Waals surface area contributed by atoms with Crippen LogP contribution in [0.1, 0.15) is 81.3 Å². The van der Waals surface area contributed by atoms with E-state index in [-0.39, 0.29) is 0 Å². The zero-order valence-corrected chi connectivity index (χ0v) is 17.0. The molecule has 0 spiro atoms. The molecular formula is C20H29N3O3S. The smallest absolute Gasteiger partial charge is 0.317 e. The average Bonchev–Trinajstić information content (AvgIpc) is 3.15. The maximum absolute atomic E-state index is 11.6. The molecular weight excluding hydrogens is 362 g/mol. The van der Waals surface area contributed by atoms with Crippen LogP contribution >= 0.6 is 11.3 Å². The van der Waals surface area contributed by atoms with Gasteiger partial charge in [-0.1, -0.05) is 68.8 Å². The number of ether oxygens (including phenoxy) is 1. The number of rotatable bonds is 12. The van der Waals surface area contributed by atoms with Gasteiger partial charge in [0.05, 0.1) is 7.11 Å². The zero-order valence-electron chi connectivity index (χ0n) is 16.2. The summed E-state index contributed by atoms with van der Waals surface area (Å²) in [5.41, 5.74) is 9.35. The normalized spacial score (nSPS) is 12.4. The standard InChI is InChI=1S/C20H29N3O3S/c1-3-4-5-6-7-8-9-10-11-12-13-16-14-17(27-15-16)19(24)18(22-23-21)20(25)26-2/h14-15,18-19,24H,3-11H2,1-2H3/t18-,19+/m1/s1. The zero-order chi connectivity index (χ0) is 19.9. The Bertz CT molecular complexity index is 672. The highest BCUT2D eigenvalue weighted by molar-refractivity contribution is 7.10. The van der Waals surface area contributed by atoms with Gasteiger partial charge >= 0.3 is 5.97 Å². The molecule has 0 aliphatic rings. The van der Waals surface area contributed by atoms with E-state index in [1.54, 1.807) is 6.07 Å². The summed E-state index contributed by atoms with van der Waals surface area (Å²) >= 11 is 1.28. The van der Waals surface area contributed by atoms with Gasteiger partial charge in [0.1, 0.15) is 6.10 Å². The number of thiophene rings is 1. The van der Waals surface area contributed by atoms with Crippen molar-refractivity contribution < 1.29 is 14.6 Å². The summed E-state index contributed by atoms with van der Waals surface area (Å²) in [7, 11) is 1.19. The summed E-state index contributed by atoms with van der Waals surface area (Å²) in [5, 5.41) is 15.4. The number of azide groups is 1. The summed E-state index contributed by atoms with van der Waals surface area (Å²) in [6.45, 7) is 2.23. The molecule has 1 aromatic rings. The summed E-state index contributed by atoms with van der Waals surface area (Å²) in [6.07, 6.45) is 9.82. The summed E-state index contributed by atoms with van der Waals surface area (Å²) in [6, 6.07) is 0.426. The Balaban J connectivity index is 2.41. The molecule has 0 aliphatic carbocycles. The number of nitrogens with zero attached hydrogens (tertiary/aromatic N) is 3. The van der Waals surface area contributed by atoms with Crippen LogP contribution in [0.4, 0.5) is 0 Å². The van der Waals surface area contributed by atoms with Crippen molar-refractivity contribution in [1.29, 1.82) is 0 Å². The molecule has 0 fully saturated rings. The van der Waals surface area contributed by atoms with Crippen molar-refractivity contribution in [2.75, 3.05) is 7.11 Å². The van der Waals surface area contributed by atoms with Crippen molar-refractivity contribution >= 4 is 17.3 Å². The second kappa shape index (κ2) is 14.1. The lowest BCUT2D eigenvalue weighted by atomic mass is 10.1. The number of hydrogen-bond donors (Lipinski definition) is 1. The van der Waals surface area contributed by atoms with Gasteiger partial charge in [0.15, 0.2) is 6.04 Å². The van der Waals surface area contributed by atoms with E-state index >= 15 is 0 Å². The molecule has 7 heteroatoms. The Morgan fingerprint density at radius 1 is 1.30 bits per heavy atom. The minimum absolute atomic E-state index is 0.522. The maximum atomic E-state index is 11.6. The summed E-state index contributed by atoms with van der Waals surface area (Å²) < 4.78 is 4.57. The van der Waals surface area contributed by atoms with Crippen LogP contribution in [-0.2, 0) is 9.53 Å². The van der Waals surface area contributed by atoms with Crippen molar-refractivity contribution in [3.05, 3.63) is 32.3 Å². The number of carbonyl (C=O) groups is 1. The fourth-order valence-electron chi connectivity index (χ4n) is 2.66. The van der Waals surface area contributed by atoms with Gasteiger partial charge in [-0.25, -0.2) is 0 Å². The molecule has 0 saturated heterocycles. The largest absolute Gasteiger partial charge is 0.469 e. The second-order valence-corrected chi connectivity index (χ2v) is 7.32. The lowest BCUT2D eigenvalue weighted by Crippen LogP contribution is -2.26. The molecule has 1 rings (SSSR count). The van der Waals surface area contributed by atoms with Gasteiger partial charge < -0.3 is 9.84 Å². The fourth-order valence-corrected chi connectivity index (χ4v) is 3.51. The number of carbonyl (C=O) groups excluding carboxylic acids is 1. The molecule has 6 nitrogen and oxygen atoms in total. The lowest BCUT2D eigenvalue weighted by Gasteiger charge is -2.14. The molecule has 0 aliphatic heterocycles. The first-order valence-electron chi connectivity index (χ1n) is 9.51. The molecule has 148 valence electrons. The molecule has 0 saturated carbocycles. The predicted octanol–water partition coefficient (Wildman–Crippen LogP) is 5.52. The van der Waals surface area contributed by atoms with Crippen LogP contribution in [-0.4, -0.2) is 24.2 Å². The summed E-state index contributed by atoms with van der Waals surface area (Å²) in [5.74, 6) is 5.47. The van der Waals surface area contributed by atoms with E-state index in [4.69, 9.17) is 5.53 Å². The van der Waals surface area contributed by atoms with Gasteiger partial charge in [-0.3, -0.25) is 4.79 Å². The van der Waals surface area contributed by atoms with E-state index in [1.807, 2.05) is 5.38 Å². The Kier molecular flexibility index (Phi) is 12.0. The first-order valence-corrected chi connectivity index (χ1v) is 10.4. The minimum Gasteiger partial charge on any atom is -0.469 e. The number of methoxy groups -OCH3 is 1. The molecule has 0 radical (unpaired) electrons. The number of aliphatic hydroxyl groups is 1. The SMILES string of the molecule is CCCCCCCCCCC#Cc1csc([C@H](O)[C@@H](N=[N+]=[N-])C(=O)OC)c1. The lowest BCUT2D eigenvalue weighted by molar-refractivity contribution is -0.144. The topological polar surface area (TPSA) is 95.3 Å². The van der Waals surface area contributed by atoms with Crippen molar-refractivity contribution in [3.8, 4) is 11.8 Å². The summed E-state index contributed by atoms with van der Waals surface area (Å²) in [4.78, 5) is 14.8. The van der Waals surface area contributed by atoms with Crippen LogP contribution in [0, 0.1) is 11.8 Å². The van der Waals surface area contributed by atoms with E-state index in [0.29, 0.717) is 4.88 Å². The molecule has 1 N–H and O–H groups in total. The van der Waals surface area contributed by atoms with Gasteiger partial charge in [0.2, 0.25) is 0 Å². The van der Waals surface area contributed by atoms with Crippen molar-refractivity contribution in [2.45, 2.75) is 76.9 Å². The fraction of sp³-hybridized carbons (Fsp3) is 0.650. The number of esters is 1. The number of unbranched alkanes of at least 4 members (excludes halogenated alkanes) is 8. The van der Waals surface area contributed by atoms with E-state index in [0.717, 1.165) is 18.4 Å². The van der Waals surface area contributed by atoms with Crippen LogP contribution in [0.5, 0.6) is 0 Å². The minimum atomic E-state index is -1.29. The number of hydrogen-bond acceptors (Lipinski definition) is 5. The molecule has 27 heavy (non-hydrogen) atoms. The van der Waals surface area contributed by atoms with E-state index in [1.165, 1.54) is 63.4 Å². The first kappa shape index (κ1) is 23.0. The predicted molar refractivity (Wildman–Crippen MR) is 108 cm³/mol. The van der Waals surface area contributed by atoms with Gasteiger partial charge in [0.25, 0.3) is 0 Å². The van der Waals surface area contributed by atoms with Crippen molar-refractivity contribution in [1.82, 2.24) is 0 Å². The van der Waals surface area contributed by atoms with Crippen LogP contribution in [0.3, 0.4) is 0 Å². The van der Waals surface area contributed by atoms with Gasteiger partial charge in [-0.2, -0.15) is 0 Å². The Labute approximate surface area is 165 Å². The highest BCUT2D eigenvalue weighted by atomic mass is 32.1. The molecule has 1 aromatic heterocycles. The van der Waals surface area contributed by atoms with E-state index < -0.39 is 18.1 Å². The van der Waals surface area contributed by atoms with Crippen molar-refractivity contribution in [3.63, 3.8) is 0 Å². The van der Waals surface area contributed by atoms with Gasteiger partial charge in [-0.05, 0) is 18.0 Å². The van der Waals surface area contributed by atoms with Crippen LogP contribution in [0.25, 0.3) is 10.4 Å². The second-order valence-electron chi connectivity index (χ2n) is 6.38. The van der Waals surface area contributed by atoms with Crippen LogP contribution < -0.4 is 0 Å². The molecule has 0 unspecified atom stereocenters. The molecule has 0 amide bonds. The first-order chi connectivity index (χ1) is 13.1. The molecule has 0 bridgehead atoms. The quantitative estimate of drug-likeness (QED) is 0.127. The Morgan fingerprint density at radius 2 is 1.96 bits per heavy atom. The third kappa shape index (κ3) is 8.96. The van der Waals surface area contributed by atoms with Gasteiger partial charge in [-0.15, -0.1) is 11.3 Å². The highest BCUT2D eigenvalue weighted by Crippen LogP contribution is 2.26. The third-order valence-corrected chi connectivity index (χ3v) is 5.22. The molecule has 2 atom stereocenters. The number of aliphatic hydroxyl groups excluding tert-OH is 1. The van der Waals surface area contributed by atoms with Crippen LogP contribution in [0.2, 0.25) is 0 Å². The van der Waals surface area contributed by atoms with Crippen LogP contribution in [0.15, 0.2) is 16.6 Å². The average molecular weight is 392 g/mol. The van der Waals surface area contributed by atoms with E-state index in [9.17, 15) is 9.90 Å². The van der Waals surface area contributed by atoms with Gasteiger partial charge in [0, 0.05) is 27.2 Å². The molecule has 1 heterocycles. The third-order valence-electron chi connectivity index (χ3n) is 4.22. The molecule has 0 aromatic carbocycles. The maximum Gasteiger partial charge on any atom is 0.317 e. The highest BCUT2D eigenvalue weighted by Gasteiger charge is 2.29. The van der Waals surface area contributed by atoms with Crippen molar-refractivity contribution in [2.24, 2.45) is 5.11 Å². The monoisotopic (exact) mass is 391 g/mol. The van der Waals surface area contributed by atoms with E-state index in [2.05, 4.69) is 33.5 Å².